The van der Waals surface area contributed by atoms with Crippen LogP contribution in [0.4, 0.5) is 10.6 Å². The van der Waals surface area contributed by atoms with Gasteiger partial charge in [0, 0.05) is 5.56 Å². The van der Waals surface area contributed by atoms with Crippen LogP contribution in [0.15, 0.2) is 0 Å². The topological polar surface area (TPSA) is 90.1 Å². The lowest BCUT2D eigenvalue weighted by Crippen LogP contribution is -2.34. The average molecular weight is 264 g/mol. The van der Waals surface area contributed by atoms with Gasteiger partial charge in [-0.25, -0.2) is 14.8 Å². The van der Waals surface area contributed by atoms with Gasteiger partial charge in [0.25, 0.3) is 0 Å². The molecule has 0 bridgehead atoms. The molecule has 1 unspecified atom stereocenters. The summed E-state index contributed by atoms with van der Waals surface area (Å²) in [6.45, 7) is 7.29. The van der Waals surface area contributed by atoms with Gasteiger partial charge in [0.15, 0.2) is 0 Å². The van der Waals surface area contributed by atoms with Crippen molar-refractivity contribution in [2.75, 3.05) is 5.73 Å². The lowest BCUT2D eigenvalue weighted by molar-refractivity contribution is 0.0502. The third-order valence-electron chi connectivity index (χ3n) is 2.89. The van der Waals surface area contributed by atoms with Crippen LogP contribution in [0.1, 0.15) is 50.3 Å². The molecule has 6 nitrogen and oxygen atoms in total. The monoisotopic (exact) mass is 264 g/mol. The summed E-state index contributed by atoms with van der Waals surface area (Å²) in [5.41, 5.74) is 7.12. The number of anilines is 1. The minimum atomic E-state index is -0.508. The van der Waals surface area contributed by atoms with Crippen LogP contribution in [0.25, 0.3) is 0 Å². The Hall–Kier alpha value is -1.85. The molecule has 19 heavy (non-hydrogen) atoms. The second-order valence-electron chi connectivity index (χ2n) is 5.76. The first kappa shape index (κ1) is 13.6. The van der Waals surface area contributed by atoms with Crippen LogP contribution < -0.4 is 11.1 Å². The van der Waals surface area contributed by atoms with Crippen molar-refractivity contribution in [2.45, 2.75) is 52.2 Å². The van der Waals surface area contributed by atoms with E-state index in [1.54, 1.807) is 6.92 Å². The maximum absolute atomic E-state index is 11.8. The van der Waals surface area contributed by atoms with Crippen molar-refractivity contribution in [1.29, 1.82) is 0 Å². The zero-order chi connectivity index (χ0) is 14.2. The molecular weight excluding hydrogens is 244 g/mol. The minimum absolute atomic E-state index is 0.145. The molecule has 1 aromatic rings. The molecule has 0 fully saturated rings. The van der Waals surface area contributed by atoms with Crippen LogP contribution in [0.2, 0.25) is 0 Å². The van der Waals surface area contributed by atoms with E-state index in [1.165, 1.54) is 0 Å². The number of amides is 1. The molecule has 6 heteroatoms. The van der Waals surface area contributed by atoms with E-state index in [0.29, 0.717) is 11.6 Å². The summed E-state index contributed by atoms with van der Waals surface area (Å²) in [4.78, 5) is 20.3. The summed E-state index contributed by atoms with van der Waals surface area (Å²) in [6.07, 6.45) is 1.12. The molecular formula is C13H20N4O2. The normalized spacial score (nSPS) is 18.0. The van der Waals surface area contributed by atoms with Crippen LogP contribution in [-0.2, 0) is 11.2 Å². The number of aromatic nitrogens is 2. The standard InChI is InChI=1S/C13H20N4O2/c1-7-15-10-8(11(14)16-7)5-6-9(10)17-12(18)19-13(2,3)4/h9H,5-6H2,1-4H3,(H,17,18)(H2,14,15,16). The number of hydrogen-bond acceptors (Lipinski definition) is 5. The van der Waals surface area contributed by atoms with Crippen molar-refractivity contribution in [2.24, 2.45) is 0 Å². The summed E-state index contributed by atoms with van der Waals surface area (Å²) in [5, 5.41) is 2.84. The lowest BCUT2D eigenvalue weighted by atomic mass is 10.2. The van der Waals surface area contributed by atoms with Gasteiger partial charge >= 0.3 is 6.09 Å². The van der Waals surface area contributed by atoms with Crippen LogP contribution in [-0.4, -0.2) is 21.7 Å². The van der Waals surface area contributed by atoms with Crippen molar-refractivity contribution in [1.82, 2.24) is 15.3 Å². The molecule has 3 N–H and O–H groups in total. The van der Waals surface area contributed by atoms with E-state index < -0.39 is 11.7 Å². The van der Waals surface area contributed by atoms with E-state index in [1.807, 2.05) is 20.8 Å². The number of nitrogens with one attached hydrogen (secondary N) is 1. The molecule has 1 amide bonds. The molecule has 0 aromatic carbocycles. The second kappa shape index (κ2) is 4.68. The fourth-order valence-corrected chi connectivity index (χ4v) is 2.20. The SMILES string of the molecule is Cc1nc(N)c2c(n1)C(NC(=O)OC(C)(C)C)CC2. The summed E-state index contributed by atoms with van der Waals surface area (Å²) in [6, 6.07) is -0.145. The van der Waals surface area contributed by atoms with Crippen LogP contribution in [0, 0.1) is 6.92 Å². The molecule has 0 saturated carbocycles. The first-order valence-electron chi connectivity index (χ1n) is 6.38. The Kier molecular flexibility index (Phi) is 3.34. The minimum Gasteiger partial charge on any atom is -0.444 e. The van der Waals surface area contributed by atoms with Gasteiger partial charge in [-0.3, -0.25) is 0 Å². The van der Waals surface area contributed by atoms with E-state index in [9.17, 15) is 4.79 Å². The number of hydrogen-bond donors (Lipinski definition) is 2. The fraction of sp³-hybridized carbons (Fsp3) is 0.615. The van der Waals surface area contributed by atoms with Gasteiger partial charge in [-0.1, -0.05) is 0 Å². The zero-order valence-electron chi connectivity index (χ0n) is 11.8. The summed E-state index contributed by atoms with van der Waals surface area (Å²) in [7, 11) is 0. The number of ether oxygens (including phenoxy) is 1. The number of rotatable bonds is 1. The van der Waals surface area contributed by atoms with Gasteiger partial charge in [-0.2, -0.15) is 0 Å². The van der Waals surface area contributed by atoms with E-state index in [4.69, 9.17) is 10.5 Å². The average Bonchev–Trinajstić information content (AvgIpc) is 2.58. The van der Waals surface area contributed by atoms with Crippen molar-refractivity contribution in [3.63, 3.8) is 0 Å². The van der Waals surface area contributed by atoms with Crippen LogP contribution >= 0.6 is 0 Å². The van der Waals surface area contributed by atoms with Gasteiger partial charge in [0.1, 0.15) is 17.2 Å². The number of alkyl carbamates (subject to hydrolysis) is 1. The Morgan fingerprint density at radius 2 is 2.11 bits per heavy atom. The Labute approximate surface area is 112 Å². The highest BCUT2D eigenvalue weighted by atomic mass is 16.6. The summed E-state index contributed by atoms with van der Waals surface area (Å²) < 4.78 is 5.25. The number of carbonyl (C=O) groups is 1. The van der Waals surface area contributed by atoms with Gasteiger partial charge in [0.2, 0.25) is 0 Å². The van der Waals surface area contributed by atoms with E-state index in [0.717, 1.165) is 24.1 Å². The van der Waals surface area contributed by atoms with Crippen molar-refractivity contribution < 1.29 is 9.53 Å². The largest absolute Gasteiger partial charge is 0.444 e. The number of aryl methyl sites for hydroxylation is 1. The zero-order valence-corrected chi connectivity index (χ0v) is 11.8. The molecule has 0 spiro atoms. The number of nitrogens with two attached hydrogens (primary N) is 1. The molecule has 1 heterocycles. The van der Waals surface area contributed by atoms with Crippen molar-refractivity contribution >= 4 is 11.9 Å². The molecule has 1 aliphatic rings. The highest BCUT2D eigenvalue weighted by Crippen LogP contribution is 2.32. The summed E-state index contributed by atoms with van der Waals surface area (Å²) >= 11 is 0. The molecule has 2 rings (SSSR count). The number of carbonyl (C=O) groups excluding carboxylic acids is 1. The fourth-order valence-electron chi connectivity index (χ4n) is 2.20. The quantitative estimate of drug-likeness (QED) is 0.808. The lowest BCUT2D eigenvalue weighted by Gasteiger charge is -2.21. The van der Waals surface area contributed by atoms with Gasteiger partial charge < -0.3 is 15.8 Å². The van der Waals surface area contributed by atoms with Crippen molar-refractivity contribution in [3.05, 3.63) is 17.1 Å². The van der Waals surface area contributed by atoms with E-state index in [-0.39, 0.29) is 6.04 Å². The Morgan fingerprint density at radius 1 is 1.42 bits per heavy atom. The third-order valence-corrected chi connectivity index (χ3v) is 2.89. The predicted octanol–water partition coefficient (Wildman–Crippen LogP) is 1.88. The predicted molar refractivity (Wildman–Crippen MR) is 71.6 cm³/mol. The Balaban J connectivity index is 2.13. The van der Waals surface area contributed by atoms with Crippen LogP contribution in [0.5, 0.6) is 0 Å². The first-order valence-corrected chi connectivity index (χ1v) is 6.38. The maximum Gasteiger partial charge on any atom is 0.408 e. The maximum atomic E-state index is 11.8. The number of nitrogens with zero attached hydrogens (tertiary/aromatic N) is 2. The van der Waals surface area contributed by atoms with Gasteiger partial charge in [0.05, 0.1) is 11.7 Å². The summed E-state index contributed by atoms with van der Waals surface area (Å²) in [5.74, 6) is 1.13. The third kappa shape index (κ3) is 3.13. The Morgan fingerprint density at radius 3 is 2.74 bits per heavy atom. The van der Waals surface area contributed by atoms with E-state index >= 15 is 0 Å². The van der Waals surface area contributed by atoms with Gasteiger partial charge in [-0.05, 0) is 40.5 Å². The molecule has 1 atom stereocenters. The molecule has 0 aliphatic heterocycles. The molecule has 0 radical (unpaired) electrons. The second-order valence-corrected chi connectivity index (χ2v) is 5.76. The number of nitrogen functional groups attached to an aromatic ring is 1. The van der Waals surface area contributed by atoms with Crippen molar-refractivity contribution in [3.8, 4) is 0 Å². The first-order chi connectivity index (χ1) is 8.76. The molecule has 1 aliphatic carbocycles. The number of fused-ring (bicyclic) bond motifs is 1. The smallest absolute Gasteiger partial charge is 0.408 e. The molecule has 104 valence electrons. The highest BCUT2D eigenvalue weighted by Gasteiger charge is 2.29. The molecule has 0 saturated heterocycles. The molecule has 1 aromatic heterocycles. The highest BCUT2D eigenvalue weighted by molar-refractivity contribution is 5.68. The van der Waals surface area contributed by atoms with Crippen LogP contribution in [0.3, 0.4) is 0 Å². The Bertz CT molecular complexity index is 508. The van der Waals surface area contributed by atoms with E-state index in [2.05, 4.69) is 15.3 Å². The van der Waals surface area contributed by atoms with Gasteiger partial charge in [-0.15, -0.1) is 0 Å².